The van der Waals surface area contributed by atoms with E-state index in [0.717, 1.165) is 12.2 Å². The standard InChI is InChI=1S/C22H29NO3/c1-5-18-9-13-20(14-10-18)26-21(6-2)22(24)23-17(4)15-25-19-11-7-16(3)8-12-19/h7-14,17,21H,5-6,15H2,1-4H3,(H,23,24). The summed E-state index contributed by atoms with van der Waals surface area (Å²) in [6.07, 6.45) is 1.08. The molecule has 140 valence electrons. The molecular weight excluding hydrogens is 326 g/mol. The number of benzene rings is 2. The second-order valence-electron chi connectivity index (χ2n) is 6.55. The molecule has 0 saturated heterocycles. The van der Waals surface area contributed by atoms with Crippen molar-refractivity contribution in [2.75, 3.05) is 6.61 Å². The first-order chi connectivity index (χ1) is 12.5. The lowest BCUT2D eigenvalue weighted by Crippen LogP contribution is -2.44. The highest BCUT2D eigenvalue weighted by atomic mass is 16.5. The van der Waals surface area contributed by atoms with Gasteiger partial charge in [0.1, 0.15) is 18.1 Å². The third-order valence-corrected chi connectivity index (χ3v) is 4.18. The van der Waals surface area contributed by atoms with Crippen LogP contribution in [0.2, 0.25) is 0 Å². The first-order valence-electron chi connectivity index (χ1n) is 9.27. The summed E-state index contributed by atoms with van der Waals surface area (Å²) < 4.78 is 11.6. The summed E-state index contributed by atoms with van der Waals surface area (Å²) in [4.78, 5) is 12.5. The highest BCUT2D eigenvalue weighted by molar-refractivity contribution is 5.81. The number of amides is 1. The van der Waals surface area contributed by atoms with Gasteiger partial charge in [0, 0.05) is 0 Å². The highest BCUT2D eigenvalue weighted by Crippen LogP contribution is 2.16. The van der Waals surface area contributed by atoms with Gasteiger partial charge >= 0.3 is 0 Å². The van der Waals surface area contributed by atoms with Gasteiger partial charge in [-0.2, -0.15) is 0 Å². The van der Waals surface area contributed by atoms with Gasteiger partial charge in [-0.3, -0.25) is 4.79 Å². The fraction of sp³-hybridized carbons (Fsp3) is 0.409. The van der Waals surface area contributed by atoms with Crippen LogP contribution in [0.4, 0.5) is 0 Å². The van der Waals surface area contributed by atoms with Gasteiger partial charge in [0.05, 0.1) is 6.04 Å². The maximum absolute atomic E-state index is 12.5. The Labute approximate surface area is 156 Å². The molecule has 0 radical (unpaired) electrons. The molecule has 0 heterocycles. The van der Waals surface area contributed by atoms with Gasteiger partial charge in [0.2, 0.25) is 0 Å². The third-order valence-electron chi connectivity index (χ3n) is 4.18. The second-order valence-corrected chi connectivity index (χ2v) is 6.55. The number of nitrogens with one attached hydrogen (secondary N) is 1. The minimum atomic E-state index is -0.510. The van der Waals surface area contributed by atoms with Crippen LogP contribution in [0, 0.1) is 6.92 Å². The fourth-order valence-electron chi connectivity index (χ4n) is 2.52. The Hall–Kier alpha value is -2.49. The molecule has 0 spiro atoms. The first kappa shape index (κ1) is 19.8. The van der Waals surface area contributed by atoms with Gasteiger partial charge in [-0.1, -0.05) is 43.7 Å². The number of carbonyl (C=O) groups excluding carboxylic acids is 1. The Bertz CT molecular complexity index is 680. The quantitative estimate of drug-likeness (QED) is 0.729. The summed E-state index contributed by atoms with van der Waals surface area (Å²) in [5, 5.41) is 2.97. The first-order valence-corrected chi connectivity index (χ1v) is 9.27. The van der Waals surface area contributed by atoms with Crippen molar-refractivity contribution in [3.05, 3.63) is 59.7 Å². The summed E-state index contributed by atoms with van der Waals surface area (Å²) in [5.41, 5.74) is 2.44. The number of aryl methyl sites for hydroxylation is 2. The van der Waals surface area contributed by atoms with E-state index >= 15 is 0 Å². The van der Waals surface area contributed by atoms with E-state index in [4.69, 9.17) is 9.47 Å². The molecule has 0 saturated carbocycles. The van der Waals surface area contributed by atoms with Crippen LogP contribution in [0.15, 0.2) is 48.5 Å². The Kier molecular flexibility index (Phi) is 7.52. The number of hydrogen-bond donors (Lipinski definition) is 1. The molecule has 4 nitrogen and oxygen atoms in total. The molecular formula is C22H29NO3. The molecule has 0 fully saturated rings. The molecule has 2 unspecified atom stereocenters. The zero-order chi connectivity index (χ0) is 18.9. The van der Waals surface area contributed by atoms with E-state index in [9.17, 15) is 4.79 Å². The van der Waals surface area contributed by atoms with Crippen molar-refractivity contribution in [3.63, 3.8) is 0 Å². The molecule has 4 heteroatoms. The third kappa shape index (κ3) is 6.10. The number of ether oxygens (including phenoxy) is 2. The monoisotopic (exact) mass is 355 g/mol. The van der Waals surface area contributed by atoms with E-state index in [1.165, 1.54) is 11.1 Å². The van der Waals surface area contributed by atoms with Gasteiger partial charge in [0.25, 0.3) is 5.91 Å². The fourth-order valence-corrected chi connectivity index (χ4v) is 2.52. The Morgan fingerprint density at radius 2 is 1.62 bits per heavy atom. The second kappa shape index (κ2) is 9.85. The molecule has 1 amide bonds. The van der Waals surface area contributed by atoms with E-state index < -0.39 is 6.10 Å². The summed E-state index contributed by atoms with van der Waals surface area (Å²) >= 11 is 0. The van der Waals surface area contributed by atoms with Crippen molar-refractivity contribution < 1.29 is 14.3 Å². The lowest BCUT2D eigenvalue weighted by atomic mass is 10.1. The van der Waals surface area contributed by atoms with Crippen molar-refractivity contribution >= 4 is 5.91 Å². The van der Waals surface area contributed by atoms with Crippen LogP contribution in [0.5, 0.6) is 11.5 Å². The van der Waals surface area contributed by atoms with E-state index in [1.54, 1.807) is 0 Å². The van der Waals surface area contributed by atoms with Crippen LogP contribution in [-0.2, 0) is 11.2 Å². The predicted octanol–water partition coefficient (Wildman–Crippen LogP) is 4.30. The van der Waals surface area contributed by atoms with E-state index in [0.29, 0.717) is 18.8 Å². The molecule has 0 aliphatic carbocycles. The van der Waals surface area contributed by atoms with Crippen molar-refractivity contribution in [1.29, 1.82) is 0 Å². The maximum atomic E-state index is 12.5. The van der Waals surface area contributed by atoms with Crippen LogP contribution in [-0.4, -0.2) is 24.7 Å². The highest BCUT2D eigenvalue weighted by Gasteiger charge is 2.20. The Balaban J connectivity index is 1.83. The molecule has 2 atom stereocenters. The average molecular weight is 355 g/mol. The van der Waals surface area contributed by atoms with Gasteiger partial charge in [0.15, 0.2) is 6.10 Å². The summed E-state index contributed by atoms with van der Waals surface area (Å²) in [5.74, 6) is 1.40. The van der Waals surface area contributed by atoms with Gasteiger partial charge in [-0.15, -0.1) is 0 Å². The van der Waals surface area contributed by atoms with Crippen LogP contribution in [0.3, 0.4) is 0 Å². The van der Waals surface area contributed by atoms with Crippen LogP contribution >= 0.6 is 0 Å². The lowest BCUT2D eigenvalue weighted by molar-refractivity contribution is -0.128. The van der Waals surface area contributed by atoms with E-state index in [1.807, 2.05) is 69.3 Å². The smallest absolute Gasteiger partial charge is 0.261 e. The van der Waals surface area contributed by atoms with Crippen molar-refractivity contribution in [2.24, 2.45) is 0 Å². The van der Waals surface area contributed by atoms with Gasteiger partial charge in [-0.05, 0) is 56.5 Å². The molecule has 2 rings (SSSR count). The molecule has 2 aromatic rings. The summed E-state index contributed by atoms with van der Waals surface area (Å²) in [6, 6.07) is 15.6. The van der Waals surface area contributed by atoms with Gasteiger partial charge in [-0.25, -0.2) is 0 Å². The molecule has 0 bridgehead atoms. The van der Waals surface area contributed by atoms with Gasteiger partial charge < -0.3 is 14.8 Å². The summed E-state index contributed by atoms with van der Waals surface area (Å²) in [7, 11) is 0. The van der Waals surface area contributed by atoms with Crippen molar-refractivity contribution in [3.8, 4) is 11.5 Å². The predicted molar refractivity (Wildman–Crippen MR) is 105 cm³/mol. The molecule has 0 aromatic heterocycles. The molecule has 0 aliphatic rings. The molecule has 0 aliphatic heterocycles. The summed E-state index contributed by atoms with van der Waals surface area (Å²) in [6.45, 7) is 8.43. The minimum absolute atomic E-state index is 0.107. The molecule has 2 aromatic carbocycles. The van der Waals surface area contributed by atoms with Crippen LogP contribution in [0.1, 0.15) is 38.3 Å². The van der Waals surface area contributed by atoms with Crippen LogP contribution in [0.25, 0.3) is 0 Å². The van der Waals surface area contributed by atoms with E-state index in [2.05, 4.69) is 12.2 Å². The number of hydrogen-bond acceptors (Lipinski definition) is 3. The molecule has 1 N–H and O–H groups in total. The Morgan fingerprint density at radius 3 is 2.19 bits per heavy atom. The number of rotatable bonds is 9. The Morgan fingerprint density at radius 1 is 1.00 bits per heavy atom. The number of carbonyl (C=O) groups is 1. The van der Waals surface area contributed by atoms with E-state index in [-0.39, 0.29) is 11.9 Å². The lowest BCUT2D eigenvalue weighted by Gasteiger charge is -2.21. The zero-order valence-corrected chi connectivity index (χ0v) is 16.1. The van der Waals surface area contributed by atoms with Crippen molar-refractivity contribution in [2.45, 2.75) is 52.7 Å². The van der Waals surface area contributed by atoms with Crippen LogP contribution < -0.4 is 14.8 Å². The SMILES string of the molecule is CCc1ccc(OC(CC)C(=O)NC(C)COc2ccc(C)cc2)cc1. The molecule has 26 heavy (non-hydrogen) atoms. The normalized spacial score (nSPS) is 12.9. The average Bonchev–Trinajstić information content (AvgIpc) is 2.66. The zero-order valence-electron chi connectivity index (χ0n) is 16.1. The largest absolute Gasteiger partial charge is 0.491 e. The topological polar surface area (TPSA) is 47.6 Å². The minimum Gasteiger partial charge on any atom is -0.491 e. The maximum Gasteiger partial charge on any atom is 0.261 e. The van der Waals surface area contributed by atoms with Crippen molar-refractivity contribution in [1.82, 2.24) is 5.32 Å².